The molecule has 2 aromatic carbocycles. The van der Waals surface area contributed by atoms with Crippen LogP contribution in [0.15, 0.2) is 66.7 Å². The Hall–Kier alpha value is -3.98. The lowest BCUT2D eigenvalue weighted by atomic mass is 9.94. The van der Waals surface area contributed by atoms with Gasteiger partial charge in [0.25, 0.3) is 0 Å². The van der Waals surface area contributed by atoms with E-state index in [1.165, 1.54) is 11.6 Å². The number of rotatable bonds is 14. The number of anilines is 4. The zero-order valence-corrected chi connectivity index (χ0v) is 25.4. The number of aryl methyl sites for hydroxylation is 1. The molecular formula is C31H47N7O2. The molecule has 0 radical (unpaired) electrons. The molecule has 0 aromatic heterocycles. The fourth-order valence-electron chi connectivity index (χ4n) is 4.36. The number of hydrogen-bond acceptors (Lipinski definition) is 6. The number of aliphatic imine (C=N–C) groups is 1. The van der Waals surface area contributed by atoms with Gasteiger partial charge in [-0.05, 0) is 58.5 Å². The Morgan fingerprint density at radius 1 is 1.12 bits per heavy atom. The molecule has 0 heterocycles. The number of methoxy groups -OCH3 is 1. The second-order valence-corrected chi connectivity index (χ2v) is 10.2. The first-order valence-electron chi connectivity index (χ1n) is 13.5. The minimum Gasteiger partial charge on any atom is -0.494 e. The molecule has 0 bridgehead atoms. The summed E-state index contributed by atoms with van der Waals surface area (Å²) >= 11 is 0. The van der Waals surface area contributed by atoms with Gasteiger partial charge in [-0.1, -0.05) is 30.9 Å². The largest absolute Gasteiger partial charge is 0.494 e. The van der Waals surface area contributed by atoms with Gasteiger partial charge in [-0.15, -0.1) is 6.58 Å². The number of guanidine groups is 1. The highest BCUT2D eigenvalue weighted by molar-refractivity contribution is 6.03. The number of benzene rings is 2. The van der Waals surface area contributed by atoms with Crippen LogP contribution in [-0.4, -0.2) is 71.3 Å². The Bertz CT molecular complexity index is 1190. The topological polar surface area (TPSA) is 93.3 Å². The van der Waals surface area contributed by atoms with E-state index in [2.05, 4.69) is 90.1 Å². The third-order valence-electron chi connectivity index (χ3n) is 7.00. The summed E-state index contributed by atoms with van der Waals surface area (Å²) in [5, 5.41) is 12.7. The summed E-state index contributed by atoms with van der Waals surface area (Å²) in [6.45, 7) is 18.3. The van der Waals surface area contributed by atoms with Crippen molar-refractivity contribution in [2.75, 3.05) is 68.3 Å². The summed E-state index contributed by atoms with van der Waals surface area (Å²) in [4.78, 5) is 21.7. The summed E-state index contributed by atoms with van der Waals surface area (Å²) in [7, 11) is 7.32. The zero-order chi connectivity index (χ0) is 29.9. The standard InChI is InChI=1S/C31H47N7O2/c1-11-18-38(26-16-14-13-15-22(26)3)23(4)31(5,6)36-30(33-8)35-25-20-24(34-29(39)12-2)27(21-28(25)40-10)37(9)19-17-32-7/h11-16,20-21,23,32H,1-2,17-19H2,3-10H3,(H,34,39)(H2,33,35,36)/t23-/m0/s1. The highest BCUT2D eigenvalue weighted by Gasteiger charge is 2.31. The number of nitrogens with one attached hydrogen (secondary N) is 4. The van der Waals surface area contributed by atoms with Gasteiger partial charge in [0.05, 0.1) is 35.8 Å². The van der Waals surface area contributed by atoms with Gasteiger partial charge in [0, 0.05) is 45.5 Å². The van der Waals surface area contributed by atoms with E-state index in [9.17, 15) is 4.79 Å². The van der Waals surface area contributed by atoms with Gasteiger partial charge in [0.15, 0.2) is 5.96 Å². The Labute approximate surface area is 240 Å². The van der Waals surface area contributed by atoms with E-state index < -0.39 is 5.54 Å². The van der Waals surface area contributed by atoms with Crippen molar-refractivity contribution in [2.24, 2.45) is 4.99 Å². The number of nitrogens with zero attached hydrogens (tertiary/aromatic N) is 3. The molecule has 2 aromatic rings. The molecule has 4 N–H and O–H groups in total. The molecule has 218 valence electrons. The maximum Gasteiger partial charge on any atom is 0.247 e. The Balaban J connectivity index is 2.49. The predicted octanol–water partition coefficient (Wildman–Crippen LogP) is 4.63. The van der Waals surface area contributed by atoms with Crippen LogP contribution in [0.2, 0.25) is 0 Å². The number of hydrogen-bond donors (Lipinski definition) is 4. The Kier molecular flexibility index (Phi) is 12.1. The molecule has 0 saturated heterocycles. The van der Waals surface area contributed by atoms with E-state index in [-0.39, 0.29) is 11.9 Å². The van der Waals surface area contributed by atoms with E-state index in [1.807, 2.05) is 45.4 Å². The molecular weight excluding hydrogens is 502 g/mol. The van der Waals surface area contributed by atoms with Crippen LogP contribution in [0.5, 0.6) is 5.75 Å². The lowest BCUT2D eigenvalue weighted by Crippen LogP contribution is -2.48. The molecule has 9 nitrogen and oxygen atoms in total. The Morgan fingerprint density at radius 2 is 1.82 bits per heavy atom. The molecule has 0 fully saturated rings. The van der Waals surface area contributed by atoms with Crippen LogP contribution in [-0.2, 0) is 4.79 Å². The van der Waals surface area contributed by atoms with Crippen molar-refractivity contribution in [1.82, 2.24) is 10.6 Å². The van der Waals surface area contributed by atoms with Crippen molar-refractivity contribution in [1.29, 1.82) is 0 Å². The van der Waals surface area contributed by atoms with Crippen LogP contribution < -0.4 is 35.8 Å². The third kappa shape index (κ3) is 8.26. The average Bonchev–Trinajstić information content (AvgIpc) is 2.94. The molecule has 0 aliphatic rings. The van der Waals surface area contributed by atoms with Crippen LogP contribution in [0.3, 0.4) is 0 Å². The summed E-state index contributed by atoms with van der Waals surface area (Å²) < 4.78 is 5.75. The predicted molar refractivity (Wildman–Crippen MR) is 171 cm³/mol. The molecule has 0 aliphatic heterocycles. The van der Waals surface area contributed by atoms with Crippen molar-refractivity contribution < 1.29 is 9.53 Å². The van der Waals surface area contributed by atoms with Crippen molar-refractivity contribution >= 4 is 34.6 Å². The van der Waals surface area contributed by atoms with Crippen LogP contribution in [0.1, 0.15) is 26.3 Å². The molecule has 9 heteroatoms. The minimum absolute atomic E-state index is 0.0317. The summed E-state index contributed by atoms with van der Waals surface area (Å²) in [6.07, 6.45) is 3.17. The molecule has 1 amide bonds. The Morgan fingerprint density at radius 3 is 2.40 bits per heavy atom. The highest BCUT2D eigenvalue weighted by Crippen LogP contribution is 2.37. The van der Waals surface area contributed by atoms with E-state index in [1.54, 1.807) is 7.11 Å². The van der Waals surface area contributed by atoms with E-state index in [0.29, 0.717) is 29.6 Å². The van der Waals surface area contributed by atoms with E-state index >= 15 is 0 Å². The number of amides is 1. The first-order chi connectivity index (χ1) is 19.0. The number of carbonyl (C=O) groups is 1. The molecule has 0 aliphatic carbocycles. The summed E-state index contributed by atoms with van der Waals surface area (Å²) in [5.41, 5.74) is 3.96. The monoisotopic (exact) mass is 549 g/mol. The third-order valence-corrected chi connectivity index (χ3v) is 7.00. The molecule has 0 spiro atoms. The fourth-order valence-corrected chi connectivity index (χ4v) is 4.36. The molecule has 40 heavy (non-hydrogen) atoms. The van der Waals surface area contributed by atoms with Crippen molar-refractivity contribution in [3.8, 4) is 5.75 Å². The van der Waals surface area contributed by atoms with Crippen molar-refractivity contribution in [3.05, 3.63) is 67.3 Å². The second kappa shape index (κ2) is 15.0. The van der Waals surface area contributed by atoms with Gasteiger partial charge in [0.2, 0.25) is 5.91 Å². The average molecular weight is 550 g/mol. The lowest BCUT2D eigenvalue weighted by Gasteiger charge is -2.39. The molecule has 0 unspecified atom stereocenters. The van der Waals surface area contributed by atoms with Gasteiger partial charge >= 0.3 is 0 Å². The summed E-state index contributed by atoms with van der Waals surface area (Å²) in [6, 6.07) is 12.1. The van der Waals surface area contributed by atoms with Crippen LogP contribution in [0.4, 0.5) is 22.7 Å². The minimum atomic E-state index is -0.503. The highest BCUT2D eigenvalue weighted by atomic mass is 16.5. The molecule has 1 atom stereocenters. The second-order valence-electron chi connectivity index (χ2n) is 10.2. The number of ether oxygens (including phenoxy) is 1. The normalized spacial score (nSPS) is 12.2. The van der Waals surface area contributed by atoms with Crippen LogP contribution >= 0.6 is 0 Å². The maximum absolute atomic E-state index is 12.3. The van der Waals surface area contributed by atoms with Gasteiger partial charge in [-0.25, -0.2) is 4.99 Å². The van der Waals surface area contributed by atoms with Crippen molar-refractivity contribution in [3.63, 3.8) is 0 Å². The van der Waals surface area contributed by atoms with E-state index in [0.717, 1.165) is 24.5 Å². The smallest absolute Gasteiger partial charge is 0.247 e. The first kappa shape index (κ1) is 32.2. The van der Waals surface area contributed by atoms with Crippen LogP contribution in [0.25, 0.3) is 0 Å². The molecule has 2 rings (SSSR count). The summed E-state index contributed by atoms with van der Waals surface area (Å²) in [5.74, 6) is 0.885. The van der Waals surface area contributed by atoms with Gasteiger partial charge in [-0.2, -0.15) is 0 Å². The van der Waals surface area contributed by atoms with Gasteiger partial charge in [0.1, 0.15) is 5.75 Å². The number of para-hydroxylation sites is 1. The fraction of sp³-hybridized carbons (Fsp3) is 0.419. The number of carbonyl (C=O) groups excluding carboxylic acids is 1. The SMILES string of the molecule is C=CCN(c1ccccc1C)[C@@H](C)C(C)(C)/N=C(\NC)Nc1cc(NC(=O)C=C)c(N(C)CCNC)cc1OC. The lowest BCUT2D eigenvalue weighted by molar-refractivity contribution is -0.111. The van der Waals surface area contributed by atoms with E-state index in [4.69, 9.17) is 9.73 Å². The maximum atomic E-state index is 12.3. The van der Waals surface area contributed by atoms with Crippen molar-refractivity contribution in [2.45, 2.75) is 39.3 Å². The van der Waals surface area contributed by atoms with Crippen LogP contribution in [0, 0.1) is 6.92 Å². The quantitative estimate of drug-likeness (QED) is 0.118. The molecule has 0 saturated carbocycles. The number of likely N-dealkylation sites (N-methyl/N-ethyl adjacent to an activating group) is 2. The zero-order valence-electron chi connectivity index (χ0n) is 25.4. The van der Waals surface area contributed by atoms with Gasteiger partial charge in [-0.3, -0.25) is 4.79 Å². The first-order valence-corrected chi connectivity index (χ1v) is 13.5. The van der Waals surface area contributed by atoms with Gasteiger partial charge < -0.3 is 35.8 Å².